The zero-order chi connectivity index (χ0) is 14.1. The van der Waals surface area contributed by atoms with E-state index >= 15 is 0 Å². The van der Waals surface area contributed by atoms with Crippen molar-refractivity contribution >= 4 is 5.91 Å². The lowest BCUT2D eigenvalue weighted by Gasteiger charge is -2.34. The van der Waals surface area contributed by atoms with Gasteiger partial charge in [0.15, 0.2) is 0 Å². The van der Waals surface area contributed by atoms with E-state index in [2.05, 4.69) is 21.1 Å². The Morgan fingerprint density at radius 1 is 1.30 bits per heavy atom. The fourth-order valence-corrected chi connectivity index (χ4v) is 3.86. The molecule has 0 radical (unpaired) electrons. The van der Waals surface area contributed by atoms with E-state index in [1.807, 2.05) is 17.9 Å². The van der Waals surface area contributed by atoms with E-state index in [1.54, 1.807) is 6.92 Å². The van der Waals surface area contributed by atoms with Gasteiger partial charge in [0.25, 0.3) is 0 Å². The number of aryl methyl sites for hydroxylation is 1. The molecule has 0 spiro atoms. The van der Waals surface area contributed by atoms with Crippen molar-refractivity contribution in [3.05, 3.63) is 18.0 Å². The molecule has 20 heavy (non-hydrogen) atoms. The van der Waals surface area contributed by atoms with E-state index in [4.69, 9.17) is 0 Å². The van der Waals surface area contributed by atoms with Crippen molar-refractivity contribution in [2.45, 2.75) is 51.2 Å². The maximum atomic E-state index is 11.8. The first kappa shape index (κ1) is 13.6. The molecule has 0 unspecified atom stereocenters. The van der Waals surface area contributed by atoms with E-state index in [0.717, 1.165) is 32.5 Å². The fourth-order valence-electron chi connectivity index (χ4n) is 3.86. The molecule has 0 aromatic carbocycles. The van der Waals surface area contributed by atoms with E-state index in [-0.39, 0.29) is 5.91 Å². The topological polar surface area (TPSA) is 41.4 Å². The third-order valence-corrected chi connectivity index (χ3v) is 4.71. The van der Waals surface area contributed by atoms with Gasteiger partial charge in [0.2, 0.25) is 5.91 Å². The molecule has 0 aliphatic carbocycles. The van der Waals surface area contributed by atoms with Gasteiger partial charge in [-0.15, -0.1) is 0 Å². The van der Waals surface area contributed by atoms with E-state index in [9.17, 15) is 4.79 Å². The van der Waals surface area contributed by atoms with Crippen LogP contribution in [0.2, 0.25) is 0 Å². The van der Waals surface area contributed by atoms with E-state index in [1.165, 1.54) is 18.4 Å². The molecule has 1 aromatic rings. The van der Waals surface area contributed by atoms with Crippen molar-refractivity contribution in [1.29, 1.82) is 0 Å². The third-order valence-electron chi connectivity index (χ3n) is 4.71. The summed E-state index contributed by atoms with van der Waals surface area (Å²) in [5, 5.41) is 4.25. The lowest BCUT2D eigenvalue weighted by molar-refractivity contribution is -0.130. The molecular weight excluding hydrogens is 252 g/mol. The van der Waals surface area contributed by atoms with Crippen LogP contribution in [-0.4, -0.2) is 50.7 Å². The highest BCUT2D eigenvalue weighted by atomic mass is 16.2. The number of rotatable bonds is 3. The SMILES string of the molecule is CC(=O)N1CCC[C@@H]1[C@@H]1CCCN1Cc1cnn(C)c1. The highest BCUT2D eigenvalue weighted by molar-refractivity contribution is 5.74. The number of hydrogen-bond acceptors (Lipinski definition) is 3. The Morgan fingerprint density at radius 3 is 2.75 bits per heavy atom. The minimum absolute atomic E-state index is 0.237. The van der Waals surface area contributed by atoms with Gasteiger partial charge in [0, 0.05) is 50.9 Å². The van der Waals surface area contributed by atoms with Crippen LogP contribution in [0.1, 0.15) is 38.2 Å². The van der Waals surface area contributed by atoms with Crippen molar-refractivity contribution in [2.75, 3.05) is 13.1 Å². The highest BCUT2D eigenvalue weighted by Gasteiger charge is 2.38. The molecule has 2 aliphatic rings. The van der Waals surface area contributed by atoms with Gasteiger partial charge >= 0.3 is 0 Å². The largest absolute Gasteiger partial charge is 0.338 e. The van der Waals surface area contributed by atoms with E-state index < -0.39 is 0 Å². The van der Waals surface area contributed by atoms with Gasteiger partial charge in [-0.1, -0.05) is 0 Å². The Kier molecular flexibility index (Phi) is 3.78. The molecule has 0 N–H and O–H groups in total. The minimum Gasteiger partial charge on any atom is -0.338 e. The van der Waals surface area contributed by atoms with Crippen LogP contribution in [0.15, 0.2) is 12.4 Å². The molecule has 1 amide bonds. The maximum absolute atomic E-state index is 11.8. The van der Waals surface area contributed by atoms with Crippen molar-refractivity contribution in [3.63, 3.8) is 0 Å². The second-order valence-corrected chi connectivity index (χ2v) is 6.12. The molecule has 2 aliphatic heterocycles. The zero-order valence-electron chi connectivity index (χ0n) is 12.5. The van der Waals surface area contributed by atoms with Gasteiger partial charge in [-0.05, 0) is 32.2 Å². The van der Waals surface area contributed by atoms with Crippen LogP contribution in [0.25, 0.3) is 0 Å². The monoisotopic (exact) mass is 276 g/mol. The molecule has 3 heterocycles. The normalized spacial score (nSPS) is 27.4. The Hall–Kier alpha value is -1.36. The molecular formula is C15H24N4O. The second-order valence-electron chi connectivity index (χ2n) is 6.12. The number of nitrogens with zero attached hydrogens (tertiary/aromatic N) is 4. The van der Waals surface area contributed by atoms with Gasteiger partial charge in [-0.3, -0.25) is 14.4 Å². The van der Waals surface area contributed by atoms with Crippen molar-refractivity contribution in [2.24, 2.45) is 7.05 Å². The lowest BCUT2D eigenvalue weighted by atomic mass is 10.0. The summed E-state index contributed by atoms with van der Waals surface area (Å²) in [5.74, 6) is 0.237. The maximum Gasteiger partial charge on any atom is 0.219 e. The average molecular weight is 276 g/mol. The van der Waals surface area contributed by atoms with Crippen molar-refractivity contribution < 1.29 is 4.79 Å². The standard InChI is InChI=1S/C15H24N4O/c1-12(20)19-8-4-6-15(19)14-5-3-7-18(14)11-13-9-16-17(2)10-13/h9-10,14-15H,3-8,11H2,1-2H3/t14-,15+/m0/s1. The van der Waals surface area contributed by atoms with Gasteiger partial charge in [-0.25, -0.2) is 0 Å². The molecule has 1 aromatic heterocycles. The van der Waals surface area contributed by atoms with E-state index in [0.29, 0.717) is 12.1 Å². The van der Waals surface area contributed by atoms with Crippen LogP contribution in [0.4, 0.5) is 0 Å². The molecule has 5 nitrogen and oxygen atoms in total. The van der Waals surface area contributed by atoms with Crippen LogP contribution < -0.4 is 0 Å². The Morgan fingerprint density at radius 2 is 2.05 bits per heavy atom. The summed E-state index contributed by atoms with van der Waals surface area (Å²) in [6, 6.07) is 0.952. The molecule has 0 saturated carbocycles. The van der Waals surface area contributed by atoms with Crippen LogP contribution in [0.3, 0.4) is 0 Å². The number of carbonyl (C=O) groups is 1. The molecule has 2 atom stereocenters. The Balaban J connectivity index is 1.70. The first-order valence-corrected chi connectivity index (χ1v) is 7.64. The van der Waals surface area contributed by atoms with Crippen LogP contribution >= 0.6 is 0 Å². The number of likely N-dealkylation sites (tertiary alicyclic amines) is 2. The average Bonchev–Trinajstić information content (AvgIpc) is 3.09. The Bertz CT molecular complexity index is 484. The number of amides is 1. The van der Waals surface area contributed by atoms with Gasteiger partial charge in [0.1, 0.15) is 0 Å². The molecule has 0 bridgehead atoms. The minimum atomic E-state index is 0.237. The number of hydrogen-bond donors (Lipinski definition) is 0. The summed E-state index contributed by atoms with van der Waals surface area (Å²) >= 11 is 0. The predicted molar refractivity (Wildman–Crippen MR) is 77.0 cm³/mol. The van der Waals surface area contributed by atoms with Crippen molar-refractivity contribution in [3.8, 4) is 0 Å². The lowest BCUT2D eigenvalue weighted by Crippen LogP contribution is -2.47. The molecule has 3 rings (SSSR count). The van der Waals surface area contributed by atoms with Gasteiger partial charge in [-0.2, -0.15) is 5.10 Å². The fraction of sp³-hybridized carbons (Fsp3) is 0.733. The quantitative estimate of drug-likeness (QED) is 0.838. The summed E-state index contributed by atoms with van der Waals surface area (Å²) in [7, 11) is 1.96. The van der Waals surface area contributed by atoms with Gasteiger partial charge < -0.3 is 4.90 Å². The zero-order valence-corrected chi connectivity index (χ0v) is 12.5. The molecule has 2 fully saturated rings. The van der Waals surface area contributed by atoms with Gasteiger partial charge in [0.05, 0.1) is 6.20 Å². The first-order chi connectivity index (χ1) is 9.65. The molecule has 110 valence electrons. The number of carbonyl (C=O) groups excluding carboxylic acids is 1. The van der Waals surface area contributed by atoms with Crippen molar-refractivity contribution in [1.82, 2.24) is 19.6 Å². The van der Waals surface area contributed by atoms with Crippen LogP contribution in [-0.2, 0) is 18.4 Å². The first-order valence-electron chi connectivity index (χ1n) is 7.64. The summed E-state index contributed by atoms with van der Waals surface area (Å²) in [5.41, 5.74) is 1.27. The summed E-state index contributed by atoms with van der Waals surface area (Å²) in [6.45, 7) is 4.75. The molecule has 2 saturated heterocycles. The van der Waals surface area contributed by atoms with Crippen LogP contribution in [0.5, 0.6) is 0 Å². The predicted octanol–water partition coefficient (Wildman–Crippen LogP) is 1.40. The number of aromatic nitrogens is 2. The summed E-state index contributed by atoms with van der Waals surface area (Å²) in [4.78, 5) is 16.4. The summed E-state index contributed by atoms with van der Waals surface area (Å²) < 4.78 is 1.86. The highest BCUT2D eigenvalue weighted by Crippen LogP contribution is 2.30. The Labute approximate surface area is 120 Å². The molecule has 5 heteroatoms. The second kappa shape index (κ2) is 5.56. The van der Waals surface area contributed by atoms with Crippen LogP contribution in [0, 0.1) is 0 Å². The third kappa shape index (κ3) is 2.59. The smallest absolute Gasteiger partial charge is 0.219 e. The summed E-state index contributed by atoms with van der Waals surface area (Å²) in [6.07, 6.45) is 8.82.